The maximum atomic E-state index is 13.4. The molecule has 1 fully saturated rings. The van der Waals surface area contributed by atoms with Crippen molar-refractivity contribution in [2.24, 2.45) is 0 Å². The number of amides is 1. The van der Waals surface area contributed by atoms with Crippen molar-refractivity contribution in [2.75, 3.05) is 51.4 Å². The molecule has 0 aliphatic carbocycles. The van der Waals surface area contributed by atoms with Crippen LogP contribution in [0.15, 0.2) is 42.5 Å². The molecule has 0 spiro atoms. The van der Waals surface area contributed by atoms with Crippen molar-refractivity contribution in [3.05, 3.63) is 53.6 Å². The van der Waals surface area contributed by atoms with Gasteiger partial charge in [-0.25, -0.2) is 4.98 Å². The van der Waals surface area contributed by atoms with Crippen LogP contribution in [0, 0.1) is 11.3 Å². The zero-order valence-electron chi connectivity index (χ0n) is 17.8. The van der Waals surface area contributed by atoms with Gasteiger partial charge in [0.2, 0.25) is 0 Å². The minimum atomic E-state index is -0.113. The van der Waals surface area contributed by atoms with Crippen molar-refractivity contribution in [3.8, 4) is 11.8 Å². The lowest BCUT2D eigenvalue weighted by Crippen LogP contribution is -2.39. The van der Waals surface area contributed by atoms with Crippen LogP contribution in [0.3, 0.4) is 0 Å². The van der Waals surface area contributed by atoms with Crippen LogP contribution in [-0.2, 0) is 4.74 Å². The average Bonchev–Trinajstić information content (AvgIpc) is 3.25. The minimum absolute atomic E-state index is 0. The first-order valence-corrected chi connectivity index (χ1v) is 11.1. The summed E-state index contributed by atoms with van der Waals surface area (Å²) in [7, 11) is 1.63. The molecule has 7 nitrogen and oxygen atoms in total. The molecule has 2 heterocycles. The topological polar surface area (TPSA) is 78.7 Å². The molecule has 2 aromatic carbocycles. The van der Waals surface area contributed by atoms with E-state index in [9.17, 15) is 4.79 Å². The van der Waals surface area contributed by atoms with Crippen LogP contribution in [0.4, 0.5) is 5.13 Å². The fourth-order valence-corrected chi connectivity index (χ4v) is 4.56. The van der Waals surface area contributed by atoms with E-state index in [1.165, 1.54) is 11.3 Å². The van der Waals surface area contributed by atoms with Crippen molar-refractivity contribution < 1.29 is 14.3 Å². The zero-order valence-corrected chi connectivity index (χ0v) is 19.5. The molecule has 9 heteroatoms. The highest BCUT2D eigenvalue weighted by Crippen LogP contribution is 2.32. The standard InChI is InChI=1S/C23H24N4O3S.ClH/c1-29-19-7-8-20-21(15-19)31-23(25-20)27(10-2-9-26-11-13-30-14-12-26)22(28)18-5-3-17(16-24)4-6-18;/h3-8,15H,2,9-14H2,1H3;1H. The van der Waals surface area contributed by atoms with Gasteiger partial charge < -0.3 is 9.47 Å². The number of nitriles is 1. The molecule has 0 unspecified atom stereocenters. The van der Waals surface area contributed by atoms with E-state index in [0.717, 1.165) is 55.2 Å². The predicted molar refractivity (Wildman–Crippen MR) is 128 cm³/mol. The molecule has 0 N–H and O–H groups in total. The summed E-state index contributed by atoms with van der Waals surface area (Å²) in [4.78, 5) is 22.2. The van der Waals surface area contributed by atoms with Crippen molar-refractivity contribution in [3.63, 3.8) is 0 Å². The minimum Gasteiger partial charge on any atom is -0.497 e. The monoisotopic (exact) mass is 472 g/mol. The number of ether oxygens (including phenoxy) is 2. The number of fused-ring (bicyclic) bond motifs is 1. The van der Waals surface area contributed by atoms with Gasteiger partial charge in [0.15, 0.2) is 5.13 Å². The highest BCUT2D eigenvalue weighted by molar-refractivity contribution is 7.22. The summed E-state index contributed by atoms with van der Waals surface area (Å²) >= 11 is 1.48. The number of benzene rings is 2. The van der Waals surface area contributed by atoms with E-state index in [2.05, 4.69) is 11.0 Å². The molecule has 3 aromatic rings. The van der Waals surface area contributed by atoms with Gasteiger partial charge in [0, 0.05) is 31.7 Å². The van der Waals surface area contributed by atoms with Crippen LogP contribution in [0.5, 0.6) is 5.75 Å². The van der Waals surface area contributed by atoms with Crippen LogP contribution < -0.4 is 9.64 Å². The summed E-state index contributed by atoms with van der Waals surface area (Å²) in [5.41, 5.74) is 1.91. The van der Waals surface area contributed by atoms with E-state index < -0.39 is 0 Å². The molecular formula is C23H25ClN4O3S. The fraction of sp³-hybridized carbons (Fsp3) is 0.348. The van der Waals surface area contributed by atoms with Gasteiger partial charge in [-0.1, -0.05) is 11.3 Å². The van der Waals surface area contributed by atoms with E-state index >= 15 is 0 Å². The summed E-state index contributed by atoms with van der Waals surface area (Å²) in [5, 5.41) is 9.71. The zero-order chi connectivity index (χ0) is 21.6. The Hall–Kier alpha value is -2.70. The normalized spacial score (nSPS) is 13.9. The molecule has 0 radical (unpaired) electrons. The maximum absolute atomic E-state index is 13.4. The molecule has 32 heavy (non-hydrogen) atoms. The van der Waals surface area contributed by atoms with Crippen LogP contribution >= 0.6 is 23.7 Å². The number of rotatable bonds is 7. The van der Waals surface area contributed by atoms with Gasteiger partial charge in [-0.15, -0.1) is 12.4 Å². The van der Waals surface area contributed by atoms with Gasteiger partial charge in [0.05, 0.1) is 42.2 Å². The van der Waals surface area contributed by atoms with E-state index in [-0.39, 0.29) is 18.3 Å². The van der Waals surface area contributed by atoms with Gasteiger partial charge in [0.1, 0.15) is 5.75 Å². The number of thiazole rings is 1. The maximum Gasteiger partial charge on any atom is 0.260 e. The number of carbonyl (C=O) groups is 1. The first-order chi connectivity index (χ1) is 15.2. The molecule has 0 atom stereocenters. The average molecular weight is 473 g/mol. The number of hydrogen-bond donors (Lipinski definition) is 0. The molecule has 1 amide bonds. The summed E-state index contributed by atoms with van der Waals surface area (Å²) in [5.74, 6) is 0.650. The molecule has 1 aromatic heterocycles. The van der Waals surface area contributed by atoms with E-state index in [1.54, 1.807) is 36.3 Å². The van der Waals surface area contributed by atoms with Crippen molar-refractivity contribution in [1.29, 1.82) is 5.26 Å². The van der Waals surface area contributed by atoms with Gasteiger partial charge in [-0.05, 0) is 48.9 Å². The summed E-state index contributed by atoms with van der Waals surface area (Å²) in [6, 6.07) is 14.5. The number of hydrogen-bond acceptors (Lipinski definition) is 7. The third-order valence-corrected chi connectivity index (χ3v) is 6.32. The first-order valence-electron chi connectivity index (χ1n) is 10.2. The number of morpholine rings is 1. The lowest BCUT2D eigenvalue weighted by molar-refractivity contribution is 0.0376. The number of methoxy groups -OCH3 is 1. The van der Waals surface area contributed by atoms with Gasteiger partial charge in [-0.3, -0.25) is 14.6 Å². The molecule has 1 aliphatic heterocycles. The number of anilines is 1. The van der Waals surface area contributed by atoms with Gasteiger partial charge in [-0.2, -0.15) is 5.26 Å². The fourth-order valence-electron chi connectivity index (χ4n) is 3.54. The summed E-state index contributed by atoms with van der Waals surface area (Å²) in [6.07, 6.45) is 0.835. The Labute approximate surface area is 197 Å². The smallest absolute Gasteiger partial charge is 0.260 e. The van der Waals surface area contributed by atoms with Crippen LogP contribution in [0.1, 0.15) is 22.3 Å². The van der Waals surface area contributed by atoms with E-state index in [0.29, 0.717) is 22.8 Å². The van der Waals surface area contributed by atoms with Crippen LogP contribution in [0.2, 0.25) is 0 Å². The number of carbonyl (C=O) groups excluding carboxylic acids is 1. The Morgan fingerprint density at radius 2 is 2.00 bits per heavy atom. The Balaban J connectivity index is 0.00000289. The van der Waals surface area contributed by atoms with Gasteiger partial charge >= 0.3 is 0 Å². The Bertz CT molecular complexity index is 1090. The van der Waals surface area contributed by atoms with Crippen LogP contribution in [-0.4, -0.2) is 62.3 Å². The lowest BCUT2D eigenvalue weighted by atomic mass is 10.1. The molecular weight excluding hydrogens is 448 g/mol. The first kappa shape index (κ1) is 24.0. The molecule has 1 aliphatic rings. The predicted octanol–water partition coefficient (Wildman–Crippen LogP) is 3.97. The highest BCUT2D eigenvalue weighted by Gasteiger charge is 2.22. The molecule has 1 saturated heterocycles. The Kier molecular flexibility index (Phi) is 8.42. The largest absolute Gasteiger partial charge is 0.497 e. The van der Waals surface area contributed by atoms with Crippen molar-refractivity contribution in [2.45, 2.75) is 6.42 Å². The summed E-state index contributed by atoms with van der Waals surface area (Å²) < 4.78 is 11.7. The third kappa shape index (κ3) is 5.56. The lowest BCUT2D eigenvalue weighted by Gasteiger charge is -2.27. The molecule has 0 bridgehead atoms. The summed E-state index contributed by atoms with van der Waals surface area (Å²) in [6.45, 7) is 4.82. The number of halogens is 1. The second kappa shape index (κ2) is 11.2. The SMILES string of the molecule is COc1ccc2nc(N(CCCN3CCOCC3)C(=O)c3ccc(C#N)cc3)sc2c1.Cl. The molecule has 0 saturated carbocycles. The second-order valence-electron chi connectivity index (χ2n) is 7.28. The third-order valence-electron chi connectivity index (χ3n) is 5.28. The van der Waals surface area contributed by atoms with Crippen LogP contribution in [0.25, 0.3) is 10.2 Å². The quantitative estimate of drug-likeness (QED) is 0.517. The number of nitrogens with zero attached hydrogens (tertiary/aromatic N) is 4. The Morgan fingerprint density at radius 1 is 1.25 bits per heavy atom. The second-order valence-corrected chi connectivity index (χ2v) is 8.29. The van der Waals surface area contributed by atoms with Crippen molar-refractivity contribution >= 4 is 45.0 Å². The highest BCUT2D eigenvalue weighted by atomic mass is 35.5. The van der Waals surface area contributed by atoms with E-state index in [4.69, 9.17) is 19.7 Å². The Morgan fingerprint density at radius 3 is 2.69 bits per heavy atom. The molecule has 4 rings (SSSR count). The van der Waals surface area contributed by atoms with Gasteiger partial charge in [0.25, 0.3) is 5.91 Å². The van der Waals surface area contributed by atoms with Crippen molar-refractivity contribution in [1.82, 2.24) is 9.88 Å². The number of aromatic nitrogens is 1. The molecule has 168 valence electrons. The van der Waals surface area contributed by atoms with E-state index in [1.807, 2.05) is 18.2 Å².